The molecule has 1 unspecified atom stereocenters. The van der Waals surface area contributed by atoms with Gasteiger partial charge in [0.05, 0.1) is 5.56 Å². The second kappa shape index (κ2) is 5.56. The number of rotatable bonds is 2. The molecule has 1 aliphatic rings. The molecule has 3 nitrogen and oxygen atoms in total. The molecule has 3 rings (SSSR count). The minimum absolute atomic E-state index is 0.0943. The number of carbonyl (C=O) groups is 1. The summed E-state index contributed by atoms with van der Waals surface area (Å²) in [7, 11) is 0. The topological polar surface area (TPSA) is 55.1 Å². The molecule has 3 N–H and O–H groups in total. The van der Waals surface area contributed by atoms with E-state index in [0.29, 0.717) is 5.56 Å². The molecule has 0 bridgehead atoms. The van der Waals surface area contributed by atoms with Crippen LogP contribution < -0.4 is 11.1 Å². The summed E-state index contributed by atoms with van der Waals surface area (Å²) < 4.78 is 13.0. The number of nitrogen functional groups attached to an aromatic ring is 1. The second-order valence-electron chi connectivity index (χ2n) is 5.41. The van der Waals surface area contributed by atoms with Crippen LogP contribution in [-0.4, -0.2) is 11.9 Å². The maximum absolute atomic E-state index is 13.0. The smallest absolute Gasteiger partial charge is 0.253 e. The molecule has 0 fully saturated rings. The first-order valence-electron chi connectivity index (χ1n) is 7.06. The van der Waals surface area contributed by atoms with Gasteiger partial charge >= 0.3 is 0 Å². The highest BCUT2D eigenvalue weighted by molar-refractivity contribution is 5.99. The Morgan fingerprint density at radius 3 is 2.71 bits per heavy atom. The maximum Gasteiger partial charge on any atom is 0.253 e. The van der Waals surface area contributed by atoms with Gasteiger partial charge in [0.1, 0.15) is 5.82 Å². The molecular formula is C17H17FN2O. The van der Waals surface area contributed by atoms with E-state index in [4.69, 9.17) is 5.73 Å². The summed E-state index contributed by atoms with van der Waals surface area (Å²) in [6.45, 7) is 0. The first kappa shape index (κ1) is 13.6. The predicted octanol–water partition coefficient (Wildman–Crippen LogP) is 2.70. The lowest BCUT2D eigenvalue weighted by Crippen LogP contribution is -2.39. The summed E-state index contributed by atoms with van der Waals surface area (Å²) in [4.78, 5) is 12.2. The Hall–Kier alpha value is -2.36. The van der Waals surface area contributed by atoms with Crippen LogP contribution in [0.25, 0.3) is 0 Å². The Balaban J connectivity index is 1.71. The van der Waals surface area contributed by atoms with Crippen LogP contribution in [0.15, 0.2) is 42.5 Å². The number of hydrogen-bond acceptors (Lipinski definition) is 2. The largest absolute Gasteiger partial charge is 0.398 e. The number of benzene rings is 2. The third-order valence-electron chi connectivity index (χ3n) is 3.94. The Bertz CT molecular complexity index is 684. The van der Waals surface area contributed by atoms with Crippen LogP contribution in [0, 0.1) is 5.82 Å². The number of anilines is 1. The highest BCUT2D eigenvalue weighted by atomic mass is 19.1. The number of aryl methyl sites for hydroxylation is 1. The molecule has 0 heterocycles. The van der Waals surface area contributed by atoms with Gasteiger partial charge in [-0.3, -0.25) is 4.79 Å². The van der Waals surface area contributed by atoms with Crippen molar-refractivity contribution in [2.45, 2.75) is 25.3 Å². The fourth-order valence-corrected chi connectivity index (χ4v) is 2.82. The monoisotopic (exact) mass is 284 g/mol. The number of amides is 1. The molecule has 1 amide bonds. The quantitative estimate of drug-likeness (QED) is 0.833. The molecule has 0 saturated carbocycles. The molecule has 21 heavy (non-hydrogen) atoms. The van der Waals surface area contributed by atoms with Crippen molar-refractivity contribution >= 4 is 11.6 Å². The summed E-state index contributed by atoms with van der Waals surface area (Å²) in [6.07, 6.45) is 2.69. The summed E-state index contributed by atoms with van der Waals surface area (Å²) in [5.41, 5.74) is 8.83. The van der Waals surface area contributed by atoms with Gasteiger partial charge in [0.25, 0.3) is 5.91 Å². The average Bonchev–Trinajstić information content (AvgIpc) is 2.47. The molecule has 1 atom stereocenters. The maximum atomic E-state index is 13.0. The lowest BCUT2D eigenvalue weighted by molar-refractivity contribution is 0.0934. The number of nitrogens with two attached hydrogens (primary N) is 1. The van der Waals surface area contributed by atoms with Gasteiger partial charge in [0.15, 0.2) is 0 Å². The third-order valence-corrected chi connectivity index (χ3v) is 3.94. The molecule has 1 aliphatic carbocycles. The Morgan fingerprint density at radius 2 is 1.95 bits per heavy atom. The van der Waals surface area contributed by atoms with Crippen molar-refractivity contribution in [3.63, 3.8) is 0 Å². The zero-order valence-corrected chi connectivity index (χ0v) is 11.6. The van der Waals surface area contributed by atoms with Gasteiger partial charge in [-0.2, -0.15) is 0 Å². The van der Waals surface area contributed by atoms with E-state index >= 15 is 0 Å². The number of carbonyl (C=O) groups excluding carboxylic acids is 1. The molecule has 2 aromatic rings. The number of fused-ring (bicyclic) bond motifs is 1. The molecule has 0 aromatic heterocycles. The fourth-order valence-electron chi connectivity index (χ4n) is 2.82. The molecular weight excluding hydrogens is 267 g/mol. The Labute approximate surface area is 123 Å². The van der Waals surface area contributed by atoms with Crippen LogP contribution in [0.3, 0.4) is 0 Å². The van der Waals surface area contributed by atoms with E-state index in [2.05, 4.69) is 17.4 Å². The van der Waals surface area contributed by atoms with E-state index in [-0.39, 0.29) is 17.6 Å². The van der Waals surface area contributed by atoms with Gasteiger partial charge in [0.2, 0.25) is 0 Å². The Kier molecular flexibility index (Phi) is 3.60. The minimum atomic E-state index is -0.435. The van der Waals surface area contributed by atoms with E-state index in [9.17, 15) is 9.18 Å². The van der Waals surface area contributed by atoms with E-state index in [0.717, 1.165) is 19.3 Å². The van der Waals surface area contributed by atoms with Crippen molar-refractivity contribution in [2.24, 2.45) is 0 Å². The molecule has 108 valence electrons. The van der Waals surface area contributed by atoms with E-state index in [1.165, 1.54) is 29.3 Å². The second-order valence-corrected chi connectivity index (χ2v) is 5.41. The number of halogens is 1. The van der Waals surface area contributed by atoms with Crippen molar-refractivity contribution in [3.05, 3.63) is 65.0 Å². The van der Waals surface area contributed by atoms with Crippen molar-refractivity contribution in [1.29, 1.82) is 0 Å². The third kappa shape index (κ3) is 2.89. The van der Waals surface area contributed by atoms with Gasteiger partial charge in [0, 0.05) is 11.7 Å². The summed E-state index contributed by atoms with van der Waals surface area (Å²) in [5, 5.41) is 2.99. The average molecular weight is 284 g/mol. The van der Waals surface area contributed by atoms with Gasteiger partial charge in [-0.15, -0.1) is 0 Å². The van der Waals surface area contributed by atoms with Crippen LogP contribution in [0.5, 0.6) is 0 Å². The van der Waals surface area contributed by atoms with Gasteiger partial charge in [-0.1, -0.05) is 24.3 Å². The van der Waals surface area contributed by atoms with Crippen molar-refractivity contribution in [2.75, 3.05) is 5.73 Å². The van der Waals surface area contributed by atoms with Crippen molar-refractivity contribution in [3.8, 4) is 0 Å². The lowest BCUT2D eigenvalue weighted by Gasteiger charge is -2.25. The van der Waals surface area contributed by atoms with Crippen LogP contribution in [0.1, 0.15) is 27.9 Å². The van der Waals surface area contributed by atoms with E-state index in [1.807, 2.05) is 12.1 Å². The number of hydrogen-bond donors (Lipinski definition) is 2. The van der Waals surface area contributed by atoms with Crippen molar-refractivity contribution < 1.29 is 9.18 Å². The predicted molar refractivity (Wildman–Crippen MR) is 80.5 cm³/mol. The molecule has 4 heteroatoms. The first-order chi connectivity index (χ1) is 10.1. The highest BCUT2D eigenvalue weighted by Gasteiger charge is 2.21. The van der Waals surface area contributed by atoms with Crippen LogP contribution >= 0.6 is 0 Å². The lowest BCUT2D eigenvalue weighted by atomic mass is 9.88. The minimum Gasteiger partial charge on any atom is -0.398 e. The molecule has 0 radical (unpaired) electrons. The van der Waals surface area contributed by atoms with Gasteiger partial charge < -0.3 is 11.1 Å². The molecule has 2 aromatic carbocycles. The SMILES string of the molecule is Nc1cc(F)ccc1C(=O)NC1CCc2ccccc2C1. The zero-order valence-electron chi connectivity index (χ0n) is 11.6. The molecule has 0 spiro atoms. The Morgan fingerprint density at radius 1 is 1.19 bits per heavy atom. The summed E-state index contributed by atoms with van der Waals surface area (Å²) in [5.74, 6) is -0.674. The van der Waals surface area contributed by atoms with Crippen LogP contribution in [0.4, 0.5) is 10.1 Å². The van der Waals surface area contributed by atoms with Crippen molar-refractivity contribution in [1.82, 2.24) is 5.32 Å². The normalized spacial score (nSPS) is 17.1. The van der Waals surface area contributed by atoms with Crippen LogP contribution in [0.2, 0.25) is 0 Å². The van der Waals surface area contributed by atoms with Gasteiger partial charge in [-0.05, 0) is 48.6 Å². The number of nitrogens with one attached hydrogen (secondary N) is 1. The zero-order chi connectivity index (χ0) is 14.8. The fraction of sp³-hybridized carbons (Fsp3) is 0.235. The van der Waals surface area contributed by atoms with Crippen LogP contribution in [-0.2, 0) is 12.8 Å². The highest BCUT2D eigenvalue weighted by Crippen LogP contribution is 2.22. The molecule has 0 aliphatic heterocycles. The van der Waals surface area contributed by atoms with Gasteiger partial charge in [-0.25, -0.2) is 4.39 Å². The summed E-state index contributed by atoms with van der Waals surface area (Å²) in [6, 6.07) is 12.2. The standard InChI is InChI=1S/C17H17FN2O/c18-13-6-8-15(16(19)10-13)17(21)20-14-7-5-11-3-1-2-4-12(11)9-14/h1-4,6,8,10,14H,5,7,9,19H2,(H,20,21). The van der Waals surface area contributed by atoms with E-state index < -0.39 is 5.82 Å². The first-order valence-corrected chi connectivity index (χ1v) is 7.06. The van der Waals surface area contributed by atoms with E-state index in [1.54, 1.807) is 0 Å². The molecule has 0 saturated heterocycles. The summed E-state index contributed by atoms with van der Waals surface area (Å²) >= 11 is 0.